The van der Waals surface area contributed by atoms with Crippen LogP contribution in [0.5, 0.6) is 0 Å². The Morgan fingerprint density at radius 1 is 1.41 bits per heavy atom. The molecule has 0 aliphatic heterocycles. The molecule has 5 heteroatoms. The predicted octanol–water partition coefficient (Wildman–Crippen LogP) is 2.25. The Morgan fingerprint density at radius 2 is 2.18 bits per heavy atom. The van der Waals surface area contributed by atoms with E-state index in [9.17, 15) is 4.39 Å². The van der Waals surface area contributed by atoms with Crippen LogP contribution in [-0.2, 0) is 6.42 Å². The van der Waals surface area contributed by atoms with Gasteiger partial charge in [0.25, 0.3) is 0 Å². The first-order chi connectivity index (χ1) is 8.13. The number of hydrogen-bond donors (Lipinski definition) is 1. The average molecular weight is 234 g/mol. The highest BCUT2D eigenvalue weighted by molar-refractivity contribution is 5.42. The van der Waals surface area contributed by atoms with Crippen LogP contribution in [0, 0.1) is 12.7 Å². The number of halogens is 1. The van der Waals surface area contributed by atoms with Gasteiger partial charge in [0.05, 0.1) is 11.4 Å². The topological polar surface area (TPSA) is 56.7 Å². The van der Waals surface area contributed by atoms with Crippen molar-refractivity contribution in [1.82, 2.24) is 15.0 Å². The summed E-state index contributed by atoms with van der Waals surface area (Å²) in [5.74, 6) is 0.159. The van der Waals surface area contributed by atoms with Crippen molar-refractivity contribution in [3.05, 3.63) is 35.3 Å². The standard InChI is InChI=1S/C12H15FN4/c1-3-4-11-12(14)15-16-17(11)9-6-5-8(2)10(13)7-9/h5-7H,3-4,14H2,1-2H3. The molecule has 2 N–H and O–H groups in total. The van der Waals surface area contributed by atoms with E-state index in [4.69, 9.17) is 5.73 Å². The second-order valence-electron chi connectivity index (χ2n) is 4.02. The molecule has 0 amide bonds. The molecule has 0 radical (unpaired) electrons. The first-order valence-corrected chi connectivity index (χ1v) is 5.60. The van der Waals surface area contributed by atoms with E-state index in [-0.39, 0.29) is 5.82 Å². The van der Waals surface area contributed by atoms with E-state index >= 15 is 0 Å². The summed E-state index contributed by atoms with van der Waals surface area (Å²) in [6.07, 6.45) is 1.71. The molecule has 1 heterocycles. The quantitative estimate of drug-likeness (QED) is 0.886. The Hall–Kier alpha value is -1.91. The van der Waals surface area contributed by atoms with Crippen molar-refractivity contribution in [1.29, 1.82) is 0 Å². The molecular formula is C12H15FN4. The van der Waals surface area contributed by atoms with Crippen molar-refractivity contribution in [3.8, 4) is 5.69 Å². The van der Waals surface area contributed by atoms with E-state index in [1.165, 1.54) is 6.07 Å². The normalized spacial score (nSPS) is 10.8. The summed E-state index contributed by atoms with van der Waals surface area (Å²) in [4.78, 5) is 0. The van der Waals surface area contributed by atoms with E-state index in [0.29, 0.717) is 17.1 Å². The molecule has 0 fully saturated rings. The predicted molar refractivity (Wildman–Crippen MR) is 64.5 cm³/mol. The lowest BCUT2D eigenvalue weighted by Gasteiger charge is -2.06. The zero-order valence-electron chi connectivity index (χ0n) is 9.94. The third kappa shape index (κ3) is 2.13. The number of nitrogen functional groups attached to an aromatic ring is 1. The van der Waals surface area contributed by atoms with Crippen LogP contribution in [0.2, 0.25) is 0 Å². The van der Waals surface area contributed by atoms with Crippen molar-refractivity contribution in [3.63, 3.8) is 0 Å². The summed E-state index contributed by atoms with van der Waals surface area (Å²) in [5, 5.41) is 7.78. The van der Waals surface area contributed by atoms with Crippen LogP contribution >= 0.6 is 0 Å². The van der Waals surface area contributed by atoms with Crippen LogP contribution < -0.4 is 5.73 Å². The van der Waals surface area contributed by atoms with Crippen LogP contribution in [0.4, 0.5) is 10.2 Å². The van der Waals surface area contributed by atoms with Gasteiger partial charge in [0.15, 0.2) is 5.82 Å². The maximum Gasteiger partial charge on any atom is 0.169 e. The number of aryl methyl sites for hydroxylation is 1. The summed E-state index contributed by atoms with van der Waals surface area (Å²) >= 11 is 0. The molecule has 4 nitrogen and oxygen atoms in total. The summed E-state index contributed by atoms with van der Waals surface area (Å²) < 4.78 is 15.1. The van der Waals surface area contributed by atoms with Crippen molar-refractivity contribution in [2.24, 2.45) is 0 Å². The number of hydrogen-bond acceptors (Lipinski definition) is 3. The number of nitrogens with two attached hydrogens (primary N) is 1. The lowest BCUT2D eigenvalue weighted by Crippen LogP contribution is -2.04. The highest BCUT2D eigenvalue weighted by Gasteiger charge is 2.11. The number of anilines is 1. The van der Waals surface area contributed by atoms with Crippen LogP contribution in [0.25, 0.3) is 5.69 Å². The lowest BCUT2D eigenvalue weighted by atomic mass is 10.2. The number of rotatable bonds is 3. The molecule has 0 saturated carbocycles. The van der Waals surface area contributed by atoms with Crippen LogP contribution in [-0.4, -0.2) is 15.0 Å². The fourth-order valence-electron chi connectivity index (χ4n) is 1.70. The molecular weight excluding hydrogens is 219 g/mol. The van der Waals surface area contributed by atoms with Gasteiger partial charge in [-0.2, -0.15) is 0 Å². The van der Waals surface area contributed by atoms with Gasteiger partial charge in [-0.05, 0) is 31.0 Å². The van der Waals surface area contributed by atoms with E-state index in [2.05, 4.69) is 10.3 Å². The summed E-state index contributed by atoms with van der Waals surface area (Å²) in [6, 6.07) is 4.98. The summed E-state index contributed by atoms with van der Waals surface area (Å²) in [6.45, 7) is 3.77. The van der Waals surface area contributed by atoms with Gasteiger partial charge in [-0.3, -0.25) is 0 Å². The Labute approximate surface area is 99.2 Å². The van der Waals surface area contributed by atoms with Gasteiger partial charge in [0.2, 0.25) is 0 Å². The SMILES string of the molecule is CCCc1c(N)nnn1-c1ccc(C)c(F)c1. The molecule has 1 aromatic heterocycles. The average Bonchev–Trinajstić information content (AvgIpc) is 2.66. The number of nitrogens with zero attached hydrogens (tertiary/aromatic N) is 3. The van der Waals surface area contributed by atoms with E-state index in [1.807, 2.05) is 13.0 Å². The second-order valence-corrected chi connectivity index (χ2v) is 4.02. The highest BCUT2D eigenvalue weighted by Crippen LogP contribution is 2.18. The fraction of sp³-hybridized carbons (Fsp3) is 0.333. The Balaban J connectivity index is 2.48. The van der Waals surface area contributed by atoms with Crippen molar-refractivity contribution in [2.45, 2.75) is 26.7 Å². The van der Waals surface area contributed by atoms with Gasteiger partial charge in [0, 0.05) is 0 Å². The van der Waals surface area contributed by atoms with E-state index in [1.54, 1.807) is 17.7 Å². The molecule has 2 rings (SSSR count). The summed E-state index contributed by atoms with van der Waals surface area (Å²) in [7, 11) is 0. The highest BCUT2D eigenvalue weighted by atomic mass is 19.1. The molecule has 0 bridgehead atoms. The first kappa shape index (κ1) is 11.6. The Kier molecular flexibility index (Phi) is 3.08. The minimum absolute atomic E-state index is 0.251. The van der Waals surface area contributed by atoms with Crippen molar-refractivity contribution >= 4 is 5.82 Å². The third-order valence-electron chi connectivity index (χ3n) is 2.68. The number of aromatic nitrogens is 3. The molecule has 1 aromatic carbocycles. The first-order valence-electron chi connectivity index (χ1n) is 5.60. The molecule has 0 unspecified atom stereocenters. The lowest BCUT2D eigenvalue weighted by molar-refractivity contribution is 0.614. The third-order valence-corrected chi connectivity index (χ3v) is 2.68. The van der Waals surface area contributed by atoms with Gasteiger partial charge in [-0.25, -0.2) is 9.07 Å². The maximum atomic E-state index is 13.5. The largest absolute Gasteiger partial charge is 0.381 e. The summed E-state index contributed by atoms with van der Waals surface area (Å²) in [5.41, 5.74) is 7.84. The Morgan fingerprint density at radius 3 is 2.82 bits per heavy atom. The molecule has 0 atom stereocenters. The Bertz CT molecular complexity index is 533. The monoisotopic (exact) mass is 234 g/mol. The van der Waals surface area contributed by atoms with Crippen LogP contribution in [0.15, 0.2) is 18.2 Å². The molecule has 0 saturated heterocycles. The van der Waals surface area contributed by atoms with Gasteiger partial charge in [0.1, 0.15) is 5.82 Å². The zero-order valence-corrected chi connectivity index (χ0v) is 9.94. The minimum atomic E-state index is -0.251. The smallest absolute Gasteiger partial charge is 0.169 e. The van der Waals surface area contributed by atoms with Crippen LogP contribution in [0.3, 0.4) is 0 Å². The molecule has 0 aliphatic rings. The number of benzene rings is 1. The molecule has 17 heavy (non-hydrogen) atoms. The zero-order chi connectivity index (χ0) is 12.4. The molecule has 0 spiro atoms. The second kappa shape index (κ2) is 4.53. The van der Waals surface area contributed by atoms with E-state index < -0.39 is 0 Å². The maximum absolute atomic E-state index is 13.5. The molecule has 2 aromatic rings. The minimum Gasteiger partial charge on any atom is -0.381 e. The van der Waals surface area contributed by atoms with Gasteiger partial charge >= 0.3 is 0 Å². The van der Waals surface area contributed by atoms with Crippen molar-refractivity contribution in [2.75, 3.05) is 5.73 Å². The van der Waals surface area contributed by atoms with E-state index in [0.717, 1.165) is 18.5 Å². The van der Waals surface area contributed by atoms with Gasteiger partial charge < -0.3 is 5.73 Å². The molecule has 90 valence electrons. The van der Waals surface area contributed by atoms with Crippen LogP contribution in [0.1, 0.15) is 24.6 Å². The molecule has 0 aliphatic carbocycles. The van der Waals surface area contributed by atoms with Crippen molar-refractivity contribution < 1.29 is 4.39 Å². The van der Waals surface area contributed by atoms with Gasteiger partial charge in [-0.1, -0.05) is 24.6 Å². The fourth-order valence-corrected chi connectivity index (χ4v) is 1.70. The van der Waals surface area contributed by atoms with Gasteiger partial charge in [-0.15, -0.1) is 5.10 Å².